The molecule has 107 heavy (non-hydrogen) atoms. The summed E-state index contributed by atoms with van der Waals surface area (Å²) in [5.41, 5.74) is 0.460. The third kappa shape index (κ3) is 27.5. The molecule has 27 nitrogen and oxygen atoms in total. The highest BCUT2D eigenvalue weighted by Crippen LogP contribution is 2.26. The molecule has 0 aliphatic carbocycles. The van der Waals surface area contributed by atoms with Crippen LogP contribution >= 0.6 is 0 Å². The van der Waals surface area contributed by atoms with Crippen molar-refractivity contribution in [2.45, 2.75) is 246 Å². The number of likely N-dealkylation sites (N-methyl/N-ethyl adjacent to an activating group) is 6. The highest BCUT2D eigenvalue weighted by atomic mass is 16.5. The van der Waals surface area contributed by atoms with Crippen LogP contribution in [0.5, 0.6) is 0 Å². The van der Waals surface area contributed by atoms with Gasteiger partial charge >= 0.3 is 0 Å². The zero-order valence-corrected chi connectivity index (χ0v) is 67.8. The van der Waals surface area contributed by atoms with Crippen LogP contribution in [0.15, 0.2) is 60.7 Å². The van der Waals surface area contributed by atoms with Crippen molar-refractivity contribution in [2.75, 3.05) is 88.8 Å². The highest BCUT2D eigenvalue weighted by molar-refractivity contribution is 5.98. The van der Waals surface area contributed by atoms with Crippen LogP contribution in [0.2, 0.25) is 0 Å². The first kappa shape index (κ1) is 91.8. The van der Waals surface area contributed by atoms with Crippen LogP contribution in [-0.2, 0) is 70.3 Å². The number of hydrogen-bond acceptors (Lipinski definition) is 16. The molecular weight excluding hydrogens is 1370 g/mol. The van der Waals surface area contributed by atoms with Crippen molar-refractivity contribution in [3.8, 4) is 0 Å². The Hall–Kier alpha value is -7.59. The maximum absolute atomic E-state index is 15.8. The van der Waals surface area contributed by atoms with Gasteiger partial charge in [-0.25, -0.2) is 0 Å². The summed E-state index contributed by atoms with van der Waals surface area (Å²) in [6.45, 7) is 23.4. The van der Waals surface area contributed by atoms with Crippen LogP contribution in [0.3, 0.4) is 0 Å². The van der Waals surface area contributed by atoms with Crippen LogP contribution in [0.4, 0.5) is 0 Å². The predicted octanol–water partition coefficient (Wildman–Crippen LogP) is 4.47. The molecule has 2 aliphatic heterocycles. The van der Waals surface area contributed by atoms with Crippen LogP contribution in [0.25, 0.3) is 0 Å². The molecule has 0 spiro atoms. The van der Waals surface area contributed by atoms with Gasteiger partial charge in [-0.1, -0.05) is 150 Å². The van der Waals surface area contributed by atoms with Gasteiger partial charge in [-0.15, -0.1) is 0 Å². The minimum absolute atomic E-state index is 0.0131. The molecule has 27 heteroatoms. The van der Waals surface area contributed by atoms with Gasteiger partial charge in [0, 0.05) is 86.6 Å². The van der Waals surface area contributed by atoms with Crippen molar-refractivity contribution < 1.29 is 72.8 Å². The van der Waals surface area contributed by atoms with Gasteiger partial charge in [-0.05, 0) is 106 Å². The minimum Gasteiger partial charge on any atom is -0.396 e. The summed E-state index contributed by atoms with van der Waals surface area (Å²) in [4.78, 5) is 177. The summed E-state index contributed by atoms with van der Waals surface area (Å²) in [7, 11) is 10.2. The number of ether oxygens (including phenoxy) is 1. The Morgan fingerprint density at radius 3 is 1.46 bits per heavy atom. The lowest BCUT2D eigenvalue weighted by Crippen LogP contribution is -2.64. The molecule has 0 aromatic heterocycles. The zero-order chi connectivity index (χ0) is 80.5. The Kier molecular flexibility index (Phi) is 37.4. The van der Waals surface area contributed by atoms with Gasteiger partial charge < -0.3 is 75.6 Å². The molecule has 2 heterocycles. The molecule has 2 fully saturated rings. The fraction of sp³-hybridized carbons (Fsp3) is 0.713. The molecule has 13 atom stereocenters. The van der Waals surface area contributed by atoms with Crippen LogP contribution in [0, 0.1) is 35.0 Å². The number of rotatable bonds is 21. The maximum Gasteiger partial charge on any atom is 0.247 e. The number of piperidine rings is 1. The number of likely N-dealkylation sites (tertiary alicyclic amines) is 1. The molecule has 602 valence electrons. The van der Waals surface area contributed by atoms with Crippen molar-refractivity contribution in [3.05, 3.63) is 71.8 Å². The molecule has 0 bridgehead atoms. The molecule has 4 rings (SSSR count). The topological polar surface area (TPSA) is 332 Å². The lowest BCUT2D eigenvalue weighted by atomic mass is 9.94. The lowest BCUT2D eigenvalue weighted by molar-refractivity contribution is -0.152. The number of hydrogen-bond donors (Lipinski definition) is 7. The normalized spacial score (nSPS) is 25.7. The maximum atomic E-state index is 15.8. The van der Waals surface area contributed by atoms with Crippen LogP contribution in [-0.4, -0.2) is 281 Å². The summed E-state index contributed by atoms with van der Waals surface area (Å²) in [5.74, 6) is -8.41. The zero-order valence-electron chi connectivity index (χ0n) is 67.8. The fourth-order valence-electron chi connectivity index (χ4n) is 13.7. The Labute approximate surface area is 637 Å². The molecular formula is C80H132N12O15. The Morgan fingerprint density at radius 1 is 0.523 bits per heavy atom. The smallest absolute Gasteiger partial charge is 0.247 e. The number of carbonyl (C=O) groups excluding carboxylic acids is 11. The van der Waals surface area contributed by atoms with Crippen molar-refractivity contribution in [1.29, 1.82) is 0 Å². The lowest BCUT2D eigenvalue weighted by Gasteiger charge is -2.41. The Bertz CT molecular complexity index is 3210. The first-order valence-corrected chi connectivity index (χ1v) is 38.6. The summed E-state index contributed by atoms with van der Waals surface area (Å²) < 4.78 is 6.16. The van der Waals surface area contributed by atoms with Crippen molar-refractivity contribution in [3.63, 3.8) is 0 Å². The number of aliphatic hydroxyl groups is 3. The number of carbonyl (C=O) groups is 11. The molecule has 2 aliphatic rings. The van der Waals surface area contributed by atoms with E-state index in [-0.39, 0.29) is 94.8 Å². The van der Waals surface area contributed by atoms with Gasteiger partial charge in [-0.2, -0.15) is 0 Å². The van der Waals surface area contributed by atoms with Gasteiger partial charge in [0.2, 0.25) is 65.0 Å². The quantitative estimate of drug-likeness (QED) is 0.0907. The van der Waals surface area contributed by atoms with E-state index in [0.29, 0.717) is 43.5 Å². The van der Waals surface area contributed by atoms with E-state index < -0.39 is 162 Å². The van der Waals surface area contributed by atoms with Crippen molar-refractivity contribution in [2.24, 2.45) is 35.0 Å². The molecule has 2 unspecified atom stereocenters. The molecule has 2 aromatic carbocycles. The highest BCUT2D eigenvalue weighted by Gasteiger charge is 2.45. The van der Waals surface area contributed by atoms with E-state index in [1.807, 2.05) is 62.3 Å². The SMILES string of the molecule is CC[C@H](C)C1NC(=O)[C@H](CC(C)C)N(C)C(=O)CCCN(C)C(=O)C[C@@H](C(=O)N2CCCCC2)NC(=O)[C@H](CC(C)C)N(C)C(=O)[C@H](CC(C)C)N(C)C(O)[C@H]([C@@H](C)O)NC(=O)[C@H](CC(C)C)N(C)C(=O)[C@H](COCC(C)(C)CO)NC(=O)[C@H](Cc2ccccc2)N(C)C(=O)[C@H](Cc2ccccc2)N(C)C1=O. The standard InChI is InChI=1S/C80H132N12O15/c1-21-54(10)68-78(105)91(20)65(45-57-34-27-23-28-35-57)77(104)89(18)63(44-56-32-25-22-26-33-56)71(98)82-59(47-107-49-80(12,13)48-93)74(101)87(16)62(42-52(6)7)73(100)84-69(55(11)94)79(106)90(19)64(43-53(8)9)76(103)88(17)61(41-51(4)5)70(97)81-58(75(102)92-38-29-24-30-39-92)46-67(96)85(14)37-31-36-66(95)86(15)60(40-50(2)3)72(99)83-68/h22-23,25-28,32-35,50-55,58-65,68-69,79,93-94,106H,21,24,29-31,36-49H2,1-20H3,(H,81,97)(H,82,98)(H,83,99)(H,84,100)/t54-,55+,58-,59-,60-,61-,62-,63-,64-,65-,68?,69-,79?/m0/s1. The first-order valence-electron chi connectivity index (χ1n) is 38.6. The van der Waals surface area contributed by atoms with Gasteiger partial charge in [0.1, 0.15) is 54.6 Å². The fourth-order valence-corrected chi connectivity index (χ4v) is 13.7. The molecule has 7 N–H and O–H groups in total. The monoisotopic (exact) mass is 1500 g/mol. The number of amides is 11. The van der Waals surface area contributed by atoms with E-state index in [4.69, 9.17) is 4.74 Å². The number of aliphatic hydroxyl groups excluding tert-OH is 3. The van der Waals surface area contributed by atoms with E-state index in [1.54, 1.807) is 86.3 Å². The summed E-state index contributed by atoms with van der Waals surface area (Å²) in [6, 6.07) is 4.58. The Balaban J connectivity index is 2.00. The minimum atomic E-state index is -1.80. The average molecular weight is 1500 g/mol. The van der Waals surface area contributed by atoms with E-state index in [9.17, 15) is 34.5 Å². The van der Waals surface area contributed by atoms with Crippen molar-refractivity contribution in [1.82, 2.24) is 60.5 Å². The third-order valence-electron chi connectivity index (χ3n) is 20.9. The summed E-state index contributed by atoms with van der Waals surface area (Å²) in [5, 5.41) is 46.0. The van der Waals surface area contributed by atoms with E-state index >= 15 is 33.6 Å². The van der Waals surface area contributed by atoms with Gasteiger partial charge in [0.05, 0.1) is 44.4 Å². The van der Waals surface area contributed by atoms with Crippen LogP contribution in [0.1, 0.15) is 172 Å². The second-order valence-corrected chi connectivity index (χ2v) is 32.5. The first-order chi connectivity index (χ1) is 50.2. The number of nitrogens with zero attached hydrogens (tertiary/aromatic N) is 8. The van der Waals surface area contributed by atoms with Gasteiger partial charge in [-0.3, -0.25) is 57.6 Å². The largest absolute Gasteiger partial charge is 0.396 e. The second kappa shape index (κ2) is 43.6. The molecule has 2 aromatic rings. The van der Waals surface area contributed by atoms with Crippen molar-refractivity contribution >= 4 is 65.0 Å². The summed E-state index contributed by atoms with van der Waals surface area (Å²) >= 11 is 0. The number of benzene rings is 2. The molecule has 0 radical (unpaired) electrons. The van der Waals surface area contributed by atoms with Crippen LogP contribution < -0.4 is 21.3 Å². The summed E-state index contributed by atoms with van der Waals surface area (Å²) in [6.07, 6.45) is -0.744. The number of nitrogens with one attached hydrogen (secondary N) is 4. The second-order valence-electron chi connectivity index (χ2n) is 32.5. The van der Waals surface area contributed by atoms with E-state index in [1.165, 1.54) is 85.7 Å². The predicted molar refractivity (Wildman–Crippen MR) is 411 cm³/mol. The Morgan fingerprint density at radius 2 is 0.963 bits per heavy atom. The van der Waals surface area contributed by atoms with Gasteiger partial charge in [0.25, 0.3) is 0 Å². The molecule has 0 saturated carbocycles. The van der Waals surface area contributed by atoms with E-state index in [0.717, 1.165) is 11.3 Å². The van der Waals surface area contributed by atoms with Gasteiger partial charge in [0.15, 0.2) is 0 Å². The molecule has 2 saturated heterocycles. The van der Waals surface area contributed by atoms with E-state index in [2.05, 4.69) is 21.3 Å². The average Bonchev–Trinajstić information content (AvgIpc) is 0.808. The third-order valence-corrected chi connectivity index (χ3v) is 20.9. The molecule has 11 amide bonds.